The van der Waals surface area contributed by atoms with E-state index in [9.17, 15) is 4.79 Å². The molecule has 0 aromatic rings. The van der Waals surface area contributed by atoms with Crippen molar-refractivity contribution >= 4 is 5.97 Å². The minimum absolute atomic E-state index is 0. The molecule has 0 unspecified atom stereocenters. The molecule has 0 fully saturated rings. The molecular weight excluding hydrogens is 126 g/mol. The van der Waals surface area contributed by atoms with E-state index in [1.807, 2.05) is 0 Å². The first-order valence-corrected chi connectivity index (χ1v) is 2.14. The molecule has 0 aromatic heterocycles. The van der Waals surface area contributed by atoms with Crippen LogP contribution in [0.15, 0.2) is 0 Å². The number of aliphatic hydroxyl groups is 1. The van der Waals surface area contributed by atoms with Crippen LogP contribution < -0.4 is 5.73 Å². The summed E-state index contributed by atoms with van der Waals surface area (Å²) in [6, 6.07) is 0. The van der Waals surface area contributed by atoms with E-state index in [-0.39, 0.29) is 5.48 Å². The number of carbonyl (C=O) groups is 1. The van der Waals surface area contributed by atoms with E-state index in [2.05, 4.69) is 0 Å². The number of nitrogens with two attached hydrogens (primary N) is 1. The van der Waals surface area contributed by atoms with Gasteiger partial charge in [-0.3, -0.25) is 4.79 Å². The van der Waals surface area contributed by atoms with Crippen LogP contribution in [0.2, 0.25) is 0 Å². The minimum Gasteiger partial charge on any atom is -0.480 e. The summed E-state index contributed by atoms with van der Waals surface area (Å²) in [6.45, 7) is 0.706. The highest BCUT2D eigenvalue weighted by molar-refractivity contribution is 5.77. The van der Waals surface area contributed by atoms with Crippen LogP contribution in [0.4, 0.5) is 0 Å². The second kappa shape index (κ2) is 3.39. The van der Waals surface area contributed by atoms with Gasteiger partial charge in [-0.2, -0.15) is 0 Å². The smallest absolute Gasteiger partial charge is 0.325 e. The molecule has 0 aromatic carbocycles. The first kappa shape index (κ1) is 11.2. The first-order valence-electron chi connectivity index (χ1n) is 2.14. The average molecular weight is 137 g/mol. The average Bonchev–Trinajstić information content (AvgIpc) is 1.67. The minimum atomic E-state index is -1.49. The van der Waals surface area contributed by atoms with E-state index in [0.29, 0.717) is 0 Å². The predicted octanol–water partition coefficient (Wildman–Crippen LogP) is -2.04. The number of hydrogen-bond acceptors (Lipinski definition) is 3. The van der Waals surface area contributed by atoms with E-state index in [1.54, 1.807) is 0 Å². The lowest BCUT2D eigenvalue weighted by atomic mass is 10.1. The van der Waals surface area contributed by atoms with Gasteiger partial charge in [0.05, 0.1) is 6.61 Å². The normalized spacial score (nSPS) is 15.4. The molecule has 0 aliphatic heterocycles. The fraction of sp³-hybridized carbons (Fsp3) is 0.750. The number of aliphatic carboxylic acids is 1. The molecule has 0 radical (unpaired) electrons. The van der Waals surface area contributed by atoms with Gasteiger partial charge in [-0.05, 0) is 6.92 Å². The maximum atomic E-state index is 9.97. The SMILES string of the molecule is C[C@](N)(CO)C(=O)O.O. The fourth-order valence-corrected chi connectivity index (χ4v) is 0.0676. The van der Waals surface area contributed by atoms with Crippen molar-refractivity contribution in [2.24, 2.45) is 5.73 Å². The van der Waals surface area contributed by atoms with Crippen LogP contribution in [0, 0.1) is 0 Å². The third-order valence-corrected chi connectivity index (χ3v) is 0.817. The molecule has 0 spiro atoms. The number of rotatable bonds is 2. The fourth-order valence-electron chi connectivity index (χ4n) is 0.0676. The van der Waals surface area contributed by atoms with Crippen molar-refractivity contribution in [1.29, 1.82) is 0 Å². The number of hydrogen-bond donors (Lipinski definition) is 3. The second-order valence-electron chi connectivity index (χ2n) is 1.88. The lowest BCUT2D eigenvalue weighted by Crippen LogP contribution is -2.48. The highest BCUT2D eigenvalue weighted by Crippen LogP contribution is 1.94. The zero-order valence-corrected chi connectivity index (χ0v) is 5.09. The molecule has 56 valence electrons. The van der Waals surface area contributed by atoms with Crippen molar-refractivity contribution in [1.82, 2.24) is 0 Å². The molecule has 0 amide bonds. The Kier molecular flexibility index (Phi) is 4.21. The highest BCUT2D eigenvalue weighted by atomic mass is 16.4. The van der Waals surface area contributed by atoms with E-state index in [0.717, 1.165) is 0 Å². The maximum absolute atomic E-state index is 9.97. The van der Waals surface area contributed by atoms with Crippen LogP contribution in [0.3, 0.4) is 0 Å². The Morgan fingerprint density at radius 2 is 2.11 bits per heavy atom. The third kappa shape index (κ3) is 3.02. The van der Waals surface area contributed by atoms with Gasteiger partial charge in [-0.15, -0.1) is 0 Å². The van der Waals surface area contributed by atoms with Gasteiger partial charge >= 0.3 is 5.97 Å². The summed E-state index contributed by atoms with van der Waals surface area (Å²) in [5, 5.41) is 16.4. The van der Waals surface area contributed by atoms with Crippen LogP contribution in [0.1, 0.15) is 6.92 Å². The van der Waals surface area contributed by atoms with Gasteiger partial charge in [-0.1, -0.05) is 0 Å². The highest BCUT2D eigenvalue weighted by Gasteiger charge is 2.25. The molecule has 0 heterocycles. The van der Waals surface area contributed by atoms with E-state index >= 15 is 0 Å². The van der Waals surface area contributed by atoms with Crippen molar-refractivity contribution in [2.75, 3.05) is 6.61 Å². The Morgan fingerprint density at radius 3 is 2.11 bits per heavy atom. The second-order valence-corrected chi connectivity index (χ2v) is 1.88. The molecule has 0 saturated carbocycles. The monoisotopic (exact) mass is 137 g/mol. The van der Waals surface area contributed by atoms with Crippen molar-refractivity contribution in [3.8, 4) is 0 Å². The summed E-state index contributed by atoms with van der Waals surface area (Å²) in [6.07, 6.45) is 0. The number of carboxylic acid groups (broad SMARTS) is 1. The van der Waals surface area contributed by atoms with Gasteiger partial charge in [0.25, 0.3) is 0 Å². The summed E-state index contributed by atoms with van der Waals surface area (Å²) < 4.78 is 0. The first-order chi connectivity index (χ1) is 3.50. The third-order valence-electron chi connectivity index (χ3n) is 0.817. The molecule has 0 saturated heterocycles. The molecule has 0 rings (SSSR count). The molecule has 0 aliphatic rings. The maximum Gasteiger partial charge on any atom is 0.325 e. The molecule has 6 N–H and O–H groups in total. The van der Waals surface area contributed by atoms with Crippen molar-refractivity contribution < 1.29 is 20.5 Å². The summed E-state index contributed by atoms with van der Waals surface area (Å²) in [4.78, 5) is 9.97. The number of carboxylic acids is 1. The van der Waals surface area contributed by atoms with Gasteiger partial charge in [0.1, 0.15) is 5.54 Å². The molecule has 1 atom stereocenters. The summed E-state index contributed by atoms with van der Waals surface area (Å²) in [5.74, 6) is -1.19. The van der Waals surface area contributed by atoms with Gasteiger partial charge < -0.3 is 21.4 Å². The Balaban J connectivity index is 0. The van der Waals surface area contributed by atoms with Gasteiger partial charge in [-0.25, -0.2) is 0 Å². The molecule has 5 nitrogen and oxygen atoms in total. The van der Waals surface area contributed by atoms with E-state index in [4.69, 9.17) is 15.9 Å². The standard InChI is InChI=1S/C4H9NO3.H2O/c1-4(5,2-6)3(7)8;/h6H,2,5H2,1H3,(H,7,8);1H2/t4-;/m0./s1. The van der Waals surface area contributed by atoms with Crippen molar-refractivity contribution in [2.45, 2.75) is 12.5 Å². The quantitative estimate of drug-likeness (QED) is 0.406. The Morgan fingerprint density at radius 1 is 1.78 bits per heavy atom. The van der Waals surface area contributed by atoms with Crippen LogP contribution in [0.5, 0.6) is 0 Å². The van der Waals surface area contributed by atoms with Crippen LogP contribution in [-0.4, -0.2) is 33.8 Å². The lowest BCUT2D eigenvalue weighted by Gasteiger charge is -2.13. The van der Waals surface area contributed by atoms with Crippen molar-refractivity contribution in [3.63, 3.8) is 0 Å². The summed E-state index contributed by atoms with van der Waals surface area (Å²) >= 11 is 0. The van der Waals surface area contributed by atoms with E-state index < -0.39 is 18.1 Å². The molecule has 0 bridgehead atoms. The topological polar surface area (TPSA) is 115 Å². The van der Waals surface area contributed by atoms with Crippen LogP contribution in [0.25, 0.3) is 0 Å². The predicted molar refractivity (Wildman–Crippen MR) is 30.9 cm³/mol. The van der Waals surface area contributed by atoms with Gasteiger partial charge in [0.15, 0.2) is 0 Å². The van der Waals surface area contributed by atoms with Crippen LogP contribution >= 0.6 is 0 Å². The van der Waals surface area contributed by atoms with Gasteiger partial charge in [0.2, 0.25) is 0 Å². The largest absolute Gasteiger partial charge is 0.480 e. The van der Waals surface area contributed by atoms with E-state index in [1.165, 1.54) is 6.92 Å². The molecule has 5 heteroatoms. The molecule has 9 heavy (non-hydrogen) atoms. The van der Waals surface area contributed by atoms with Crippen molar-refractivity contribution in [3.05, 3.63) is 0 Å². The molecule has 0 aliphatic carbocycles. The van der Waals surface area contributed by atoms with Gasteiger partial charge in [0, 0.05) is 0 Å². The molecular formula is C4H11NO4. The summed E-state index contributed by atoms with van der Waals surface area (Å²) in [5.41, 5.74) is 3.52. The van der Waals surface area contributed by atoms with Crippen LogP contribution in [-0.2, 0) is 4.79 Å². The summed E-state index contributed by atoms with van der Waals surface area (Å²) in [7, 11) is 0. The lowest BCUT2D eigenvalue weighted by molar-refractivity contribution is -0.144. The Labute approximate surface area is 52.4 Å². The number of aliphatic hydroxyl groups excluding tert-OH is 1. The zero-order chi connectivity index (χ0) is 6.78. The Bertz CT molecular complexity index is 101. The Hall–Kier alpha value is -0.650. The zero-order valence-electron chi connectivity index (χ0n) is 5.09.